The van der Waals surface area contributed by atoms with Crippen LogP contribution in [0.4, 0.5) is 11.5 Å². The number of nitrogens with one attached hydrogen (secondary N) is 2. The SMILES string of the molecule is O=C(Nc1ccc(Oc2ccccc2)cc1)c1ccc(NCc2ccccc2)nc1. The summed E-state index contributed by atoms with van der Waals surface area (Å²) in [6.45, 7) is 0.677. The first-order valence-corrected chi connectivity index (χ1v) is 9.64. The average molecular weight is 395 g/mol. The summed E-state index contributed by atoms with van der Waals surface area (Å²) < 4.78 is 5.76. The van der Waals surface area contributed by atoms with E-state index in [2.05, 4.69) is 15.6 Å². The third kappa shape index (κ3) is 5.23. The fourth-order valence-electron chi connectivity index (χ4n) is 2.86. The molecule has 0 aliphatic rings. The molecule has 0 atom stereocenters. The van der Waals surface area contributed by atoms with Crippen LogP contribution < -0.4 is 15.4 Å². The van der Waals surface area contributed by atoms with Crippen molar-refractivity contribution in [3.8, 4) is 11.5 Å². The standard InChI is InChI=1S/C25H21N3O2/c29-25(20-11-16-24(27-18-20)26-17-19-7-3-1-4-8-19)28-21-12-14-23(15-13-21)30-22-9-5-2-6-10-22/h1-16,18H,17H2,(H,26,27)(H,28,29). The normalized spacial score (nSPS) is 10.3. The van der Waals surface area contributed by atoms with Crippen LogP contribution in [0.2, 0.25) is 0 Å². The van der Waals surface area contributed by atoms with E-state index < -0.39 is 0 Å². The van der Waals surface area contributed by atoms with Gasteiger partial charge in [-0.15, -0.1) is 0 Å². The van der Waals surface area contributed by atoms with E-state index in [1.807, 2.05) is 72.8 Å². The summed E-state index contributed by atoms with van der Waals surface area (Å²) in [5.41, 5.74) is 2.34. The number of benzene rings is 3. The van der Waals surface area contributed by atoms with Gasteiger partial charge in [-0.3, -0.25) is 4.79 Å². The minimum absolute atomic E-state index is 0.214. The van der Waals surface area contributed by atoms with Crippen LogP contribution in [0, 0.1) is 0 Å². The summed E-state index contributed by atoms with van der Waals surface area (Å²) in [5.74, 6) is 1.97. The Labute approximate surface area is 175 Å². The van der Waals surface area contributed by atoms with Crippen molar-refractivity contribution in [2.75, 3.05) is 10.6 Å². The lowest BCUT2D eigenvalue weighted by Crippen LogP contribution is -2.12. The second-order valence-corrected chi connectivity index (χ2v) is 6.66. The van der Waals surface area contributed by atoms with Crippen LogP contribution in [0.5, 0.6) is 11.5 Å². The van der Waals surface area contributed by atoms with Gasteiger partial charge >= 0.3 is 0 Å². The van der Waals surface area contributed by atoms with Crippen LogP contribution in [0.1, 0.15) is 15.9 Å². The van der Waals surface area contributed by atoms with Crippen molar-refractivity contribution in [3.05, 3.63) is 114 Å². The fraction of sp³-hybridized carbons (Fsp3) is 0.0400. The summed E-state index contributed by atoms with van der Waals surface area (Å²) in [7, 11) is 0. The van der Waals surface area contributed by atoms with E-state index >= 15 is 0 Å². The van der Waals surface area contributed by atoms with E-state index in [9.17, 15) is 4.79 Å². The number of anilines is 2. The van der Waals surface area contributed by atoms with E-state index in [-0.39, 0.29) is 5.91 Å². The zero-order valence-electron chi connectivity index (χ0n) is 16.3. The maximum absolute atomic E-state index is 12.5. The number of nitrogens with zero attached hydrogens (tertiary/aromatic N) is 1. The van der Waals surface area contributed by atoms with Gasteiger partial charge in [0.25, 0.3) is 5.91 Å². The minimum atomic E-state index is -0.214. The molecule has 5 heteroatoms. The third-order valence-corrected chi connectivity index (χ3v) is 4.43. The van der Waals surface area contributed by atoms with E-state index in [0.717, 1.165) is 11.6 Å². The van der Waals surface area contributed by atoms with E-state index in [1.54, 1.807) is 30.5 Å². The summed E-state index contributed by atoms with van der Waals surface area (Å²) in [5, 5.41) is 6.12. The van der Waals surface area contributed by atoms with Crippen LogP contribution >= 0.6 is 0 Å². The molecule has 0 spiro atoms. The van der Waals surface area contributed by atoms with Crippen molar-refractivity contribution in [2.24, 2.45) is 0 Å². The number of carbonyl (C=O) groups is 1. The summed E-state index contributed by atoms with van der Waals surface area (Å²) >= 11 is 0. The average Bonchev–Trinajstić information content (AvgIpc) is 2.81. The van der Waals surface area contributed by atoms with E-state index in [4.69, 9.17) is 4.74 Å². The maximum Gasteiger partial charge on any atom is 0.257 e. The Morgan fingerprint density at radius 2 is 1.43 bits per heavy atom. The molecular weight excluding hydrogens is 374 g/mol. The number of hydrogen-bond acceptors (Lipinski definition) is 4. The minimum Gasteiger partial charge on any atom is -0.457 e. The monoisotopic (exact) mass is 395 g/mol. The van der Waals surface area contributed by atoms with Crippen molar-refractivity contribution in [1.29, 1.82) is 0 Å². The molecule has 0 bridgehead atoms. The number of amides is 1. The molecule has 0 fully saturated rings. The second-order valence-electron chi connectivity index (χ2n) is 6.66. The molecule has 5 nitrogen and oxygen atoms in total. The van der Waals surface area contributed by atoms with Crippen molar-refractivity contribution in [2.45, 2.75) is 6.54 Å². The Morgan fingerprint density at radius 3 is 2.10 bits per heavy atom. The van der Waals surface area contributed by atoms with Gasteiger partial charge in [-0.05, 0) is 54.1 Å². The molecule has 0 radical (unpaired) electrons. The lowest BCUT2D eigenvalue weighted by Gasteiger charge is -2.09. The largest absolute Gasteiger partial charge is 0.457 e. The molecule has 30 heavy (non-hydrogen) atoms. The van der Waals surface area contributed by atoms with E-state index in [0.29, 0.717) is 23.5 Å². The van der Waals surface area contributed by atoms with Crippen molar-refractivity contribution < 1.29 is 9.53 Å². The van der Waals surface area contributed by atoms with Crippen LogP contribution in [0.15, 0.2) is 103 Å². The predicted octanol–water partition coefficient (Wildman–Crippen LogP) is 5.74. The molecule has 148 valence electrons. The van der Waals surface area contributed by atoms with Gasteiger partial charge in [0.2, 0.25) is 0 Å². The molecule has 0 unspecified atom stereocenters. The molecule has 4 aromatic rings. The molecule has 2 N–H and O–H groups in total. The van der Waals surface area contributed by atoms with Crippen LogP contribution in [0.25, 0.3) is 0 Å². The number of rotatable bonds is 7. The first kappa shape index (κ1) is 19.2. The number of para-hydroxylation sites is 1. The van der Waals surface area contributed by atoms with Gasteiger partial charge in [-0.2, -0.15) is 0 Å². The topological polar surface area (TPSA) is 63.2 Å². The molecule has 0 aliphatic heterocycles. The first-order valence-electron chi connectivity index (χ1n) is 9.64. The highest BCUT2D eigenvalue weighted by Crippen LogP contribution is 2.23. The summed E-state index contributed by atoms with van der Waals surface area (Å²) in [6, 6.07) is 30.4. The number of ether oxygens (including phenoxy) is 1. The molecule has 0 aliphatic carbocycles. The highest BCUT2D eigenvalue weighted by Gasteiger charge is 2.07. The van der Waals surface area contributed by atoms with Crippen molar-refractivity contribution in [3.63, 3.8) is 0 Å². The molecular formula is C25H21N3O2. The Balaban J connectivity index is 1.32. The molecule has 0 saturated carbocycles. The molecule has 1 heterocycles. The van der Waals surface area contributed by atoms with Crippen LogP contribution in [-0.4, -0.2) is 10.9 Å². The van der Waals surface area contributed by atoms with Crippen LogP contribution in [0.3, 0.4) is 0 Å². The molecule has 3 aromatic carbocycles. The maximum atomic E-state index is 12.5. The van der Waals surface area contributed by atoms with Crippen LogP contribution in [-0.2, 0) is 6.54 Å². The summed E-state index contributed by atoms with van der Waals surface area (Å²) in [4.78, 5) is 16.8. The number of pyridine rings is 1. The predicted molar refractivity (Wildman–Crippen MR) is 119 cm³/mol. The van der Waals surface area contributed by atoms with Gasteiger partial charge in [-0.1, -0.05) is 48.5 Å². The molecule has 1 aromatic heterocycles. The van der Waals surface area contributed by atoms with Gasteiger partial charge in [0, 0.05) is 18.4 Å². The van der Waals surface area contributed by atoms with E-state index in [1.165, 1.54) is 5.56 Å². The Morgan fingerprint density at radius 1 is 0.767 bits per heavy atom. The van der Waals surface area contributed by atoms with Crippen molar-refractivity contribution in [1.82, 2.24) is 4.98 Å². The molecule has 4 rings (SSSR count). The Bertz CT molecular complexity index is 1080. The second kappa shape index (κ2) is 9.39. The molecule has 0 saturated heterocycles. The number of hydrogen-bond donors (Lipinski definition) is 2. The van der Waals surface area contributed by atoms with Gasteiger partial charge in [0.1, 0.15) is 17.3 Å². The van der Waals surface area contributed by atoms with Gasteiger partial charge < -0.3 is 15.4 Å². The Kier molecular flexibility index (Phi) is 6.01. The number of carbonyl (C=O) groups excluding carboxylic acids is 1. The Hall–Kier alpha value is -4.12. The fourth-order valence-corrected chi connectivity index (χ4v) is 2.86. The highest BCUT2D eigenvalue weighted by molar-refractivity contribution is 6.04. The molecule has 1 amide bonds. The first-order chi connectivity index (χ1) is 14.8. The number of aromatic nitrogens is 1. The smallest absolute Gasteiger partial charge is 0.257 e. The lowest BCUT2D eigenvalue weighted by atomic mass is 10.2. The lowest BCUT2D eigenvalue weighted by molar-refractivity contribution is 0.102. The van der Waals surface area contributed by atoms with Crippen molar-refractivity contribution >= 4 is 17.4 Å². The summed E-state index contributed by atoms with van der Waals surface area (Å²) in [6.07, 6.45) is 1.57. The van der Waals surface area contributed by atoms with Gasteiger partial charge in [0.05, 0.1) is 5.56 Å². The quantitative estimate of drug-likeness (QED) is 0.419. The zero-order valence-corrected chi connectivity index (χ0v) is 16.3. The highest BCUT2D eigenvalue weighted by atomic mass is 16.5. The van der Waals surface area contributed by atoms with Gasteiger partial charge in [-0.25, -0.2) is 4.98 Å². The van der Waals surface area contributed by atoms with Gasteiger partial charge in [0.15, 0.2) is 0 Å². The third-order valence-electron chi connectivity index (χ3n) is 4.43. The zero-order chi connectivity index (χ0) is 20.6.